The molecule has 0 radical (unpaired) electrons. The van der Waals surface area contributed by atoms with E-state index < -0.39 is 0 Å². The molecule has 0 N–H and O–H groups in total. The van der Waals surface area contributed by atoms with Gasteiger partial charge in [0.15, 0.2) is 0 Å². The minimum atomic E-state index is 0.440. The average molecular weight is 279 g/mol. The highest BCUT2D eigenvalue weighted by Crippen LogP contribution is 2.24. The SMILES string of the molecule is CN(c1ccncn1)C1CCN(c2ccc(C#N)cc2)C1. The number of benzene rings is 1. The van der Waals surface area contributed by atoms with Gasteiger partial charge in [0.25, 0.3) is 0 Å². The molecule has 0 bridgehead atoms. The fraction of sp³-hybridized carbons (Fsp3) is 0.312. The van der Waals surface area contributed by atoms with Crippen molar-refractivity contribution in [2.75, 3.05) is 29.9 Å². The highest BCUT2D eigenvalue weighted by molar-refractivity contribution is 5.51. The van der Waals surface area contributed by atoms with Crippen molar-refractivity contribution in [2.24, 2.45) is 0 Å². The van der Waals surface area contributed by atoms with Gasteiger partial charge in [-0.1, -0.05) is 0 Å². The van der Waals surface area contributed by atoms with E-state index in [4.69, 9.17) is 5.26 Å². The summed E-state index contributed by atoms with van der Waals surface area (Å²) < 4.78 is 0. The van der Waals surface area contributed by atoms with Crippen molar-refractivity contribution < 1.29 is 0 Å². The Morgan fingerprint density at radius 2 is 2.10 bits per heavy atom. The van der Waals surface area contributed by atoms with Crippen molar-refractivity contribution in [2.45, 2.75) is 12.5 Å². The molecule has 2 aromatic rings. The van der Waals surface area contributed by atoms with Crippen LogP contribution < -0.4 is 9.80 Å². The Labute approximate surface area is 124 Å². The molecule has 1 atom stereocenters. The molecule has 1 aromatic heterocycles. The lowest BCUT2D eigenvalue weighted by atomic mass is 10.2. The van der Waals surface area contributed by atoms with Crippen molar-refractivity contribution >= 4 is 11.5 Å². The lowest BCUT2D eigenvalue weighted by Crippen LogP contribution is -2.35. The molecule has 21 heavy (non-hydrogen) atoms. The maximum absolute atomic E-state index is 8.85. The third-order valence-electron chi connectivity index (χ3n) is 4.00. The minimum absolute atomic E-state index is 0.440. The van der Waals surface area contributed by atoms with Crippen molar-refractivity contribution in [3.8, 4) is 6.07 Å². The van der Waals surface area contributed by atoms with Gasteiger partial charge in [-0.05, 0) is 36.8 Å². The first-order valence-electron chi connectivity index (χ1n) is 7.02. The lowest BCUT2D eigenvalue weighted by molar-refractivity contribution is 0.683. The van der Waals surface area contributed by atoms with Gasteiger partial charge in [0, 0.05) is 38.1 Å². The molecule has 0 spiro atoms. The molecule has 1 fully saturated rings. The zero-order valence-corrected chi connectivity index (χ0v) is 12.0. The van der Waals surface area contributed by atoms with Crippen molar-refractivity contribution in [3.05, 3.63) is 48.4 Å². The van der Waals surface area contributed by atoms with Gasteiger partial charge in [-0.15, -0.1) is 0 Å². The van der Waals surface area contributed by atoms with E-state index >= 15 is 0 Å². The van der Waals surface area contributed by atoms with Crippen molar-refractivity contribution in [1.29, 1.82) is 5.26 Å². The number of nitriles is 1. The van der Waals surface area contributed by atoms with Gasteiger partial charge < -0.3 is 9.80 Å². The molecule has 106 valence electrons. The highest BCUT2D eigenvalue weighted by Gasteiger charge is 2.26. The van der Waals surface area contributed by atoms with Crippen molar-refractivity contribution in [3.63, 3.8) is 0 Å². The zero-order chi connectivity index (χ0) is 14.7. The molecule has 1 aliphatic heterocycles. The third kappa shape index (κ3) is 2.79. The van der Waals surface area contributed by atoms with Gasteiger partial charge >= 0.3 is 0 Å². The highest BCUT2D eigenvalue weighted by atomic mass is 15.3. The first kappa shape index (κ1) is 13.4. The minimum Gasteiger partial charge on any atom is -0.369 e. The topological polar surface area (TPSA) is 56.1 Å². The first-order valence-corrected chi connectivity index (χ1v) is 7.02. The summed E-state index contributed by atoms with van der Waals surface area (Å²) in [4.78, 5) is 12.8. The molecule has 5 nitrogen and oxygen atoms in total. The number of hydrogen-bond donors (Lipinski definition) is 0. The molecule has 1 aromatic carbocycles. The number of nitrogens with zero attached hydrogens (tertiary/aromatic N) is 5. The predicted octanol–water partition coefficient (Wildman–Crippen LogP) is 2.06. The molecule has 3 rings (SSSR count). The van der Waals surface area contributed by atoms with Gasteiger partial charge in [-0.3, -0.25) is 0 Å². The van der Waals surface area contributed by atoms with Crippen LogP contribution >= 0.6 is 0 Å². The summed E-state index contributed by atoms with van der Waals surface area (Å²) in [5.41, 5.74) is 1.88. The van der Waals surface area contributed by atoms with Crippen LogP contribution in [0.1, 0.15) is 12.0 Å². The maximum atomic E-state index is 8.85. The Morgan fingerprint density at radius 1 is 1.29 bits per heavy atom. The van der Waals surface area contributed by atoms with Crippen LogP contribution in [0.4, 0.5) is 11.5 Å². The summed E-state index contributed by atoms with van der Waals surface area (Å²) in [6, 6.07) is 12.3. The second-order valence-electron chi connectivity index (χ2n) is 5.23. The molecule has 0 aliphatic carbocycles. The Balaban J connectivity index is 1.69. The van der Waals surface area contributed by atoms with E-state index in [1.54, 1.807) is 12.5 Å². The smallest absolute Gasteiger partial charge is 0.131 e. The van der Waals surface area contributed by atoms with E-state index in [0.717, 1.165) is 25.3 Å². The quantitative estimate of drug-likeness (QED) is 0.861. The first-order chi connectivity index (χ1) is 10.3. The molecular formula is C16H17N5. The Kier molecular flexibility index (Phi) is 3.69. The van der Waals surface area contributed by atoms with Crippen LogP contribution in [0.3, 0.4) is 0 Å². The summed E-state index contributed by atoms with van der Waals surface area (Å²) in [7, 11) is 2.08. The summed E-state index contributed by atoms with van der Waals surface area (Å²) >= 11 is 0. The van der Waals surface area contributed by atoms with E-state index in [-0.39, 0.29) is 0 Å². The van der Waals surface area contributed by atoms with Gasteiger partial charge in [0.1, 0.15) is 12.1 Å². The Bertz CT molecular complexity index is 632. The number of hydrogen-bond acceptors (Lipinski definition) is 5. The molecule has 1 aliphatic rings. The van der Waals surface area contributed by atoms with Crippen LogP contribution in [0, 0.1) is 11.3 Å². The third-order valence-corrected chi connectivity index (χ3v) is 4.00. The largest absolute Gasteiger partial charge is 0.369 e. The monoisotopic (exact) mass is 279 g/mol. The number of likely N-dealkylation sites (N-methyl/N-ethyl adjacent to an activating group) is 1. The number of anilines is 2. The molecular weight excluding hydrogens is 262 g/mol. The normalized spacial score (nSPS) is 17.5. The summed E-state index contributed by atoms with van der Waals surface area (Å²) in [6.45, 7) is 1.98. The van der Waals surface area contributed by atoms with Crippen LogP contribution in [-0.4, -0.2) is 36.1 Å². The fourth-order valence-corrected chi connectivity index (χ4v) is 2.72. The van der Waals surface area contributed by atoms with E-state index in [1.807, 2.05) is 30.3 Å². The molecule has 0 saturated carbocycles. The van der Waals surface area contributed by atoms with Crippen LogP contribution in [0.5, 0.6) is 0 Å². The van der Waals surface area contributed by atoms with Crippen LogP contribution in [0.15, 0.2) is 42.9 Å². The zero-order valence-electron chi connectivity index (χ0n) is 12.0. The second-order valence-corrected chi connectivity index (χ2v) is 5.23. The summed E-state index contributed by atoms with van der Waals surface area (Å²) in [5, 5.41) is 8.85. The van der Waals surface area contributed by atoms with E-state index in [0.29, 0.717) is 11.6 Å². The number of aromatic nitrogens is 2. The molecule has 1 unspecified atom stereocenters. The van der Waals surface area contributed by atoms with Gasteiger partial charge in [0.05, 0.1) is 11.6 Å². The van der Waals surface area contributed by atoms with Gasteiger partial charge in [0.2, 0.25) is 0 Å². The second kappa shape index (κ2) is 5.80. The molecule has 2 heterocycles. The molecule has 5 heteroatoms. The fourth-order valence-electron chi connectivity index (χ4n) is 2.72. The van der Waals surface area contributed by atoms with Crippen LogP contribution in [0.2, 0.25) is 0 Å². The number of rotatable bonds is 3. The summed E-state index contributed by atoms with van der Waals surface area (Å²) in [5.74, 6) is 0.955. The van der Waals surface area contributed by atoms with E-state index in [2.05, 4.69) is 32.9 Å². The Hall–Kier alpha value is -2.61. The van der Waals surface area contributed by atoms with E-state index in [9.17, 15) is 0 Å². The molecule has 0 amide bonds. The predicted molar refractivity (Wildman–Crippen MR) is 82.2 cm³/mol. The average Bonchev–Trinajstić information content (AvgIpc) is 3.05. The maximum Gasteiger partial charge on any atom is 0.131 e. The summed E-state index contributed by atoms with van der Waals surface area (Å²) in [6.07, 6.45) is 4.45. The standard InChI is InChI=1S/C16H17N5/c1-20(16-6-8-18-12-19-16)15-7-9-21(11-15)14-4-2-13(10-17)3-5-14/h2-6,8,12,15H,7,9,11H2,1H3. The van der Waals surface area contributed by atoms with Gasteiger partial charge in [-0.25, -0.2) is 9.97 Å². The van der Waals surface area contributed by atoms with Crippen LogP contribution in [0.25, 0.3) is 0 Å². The Morgan fingerprint density at radius 3 is 2.76 bits per heavy atom. The van der Waals surface area contributed by atoms with E-state index in [1.165, 1.54) is 5.69 Å². The lowest BCUT2D eigenvalue weighted by Gasteiger charge is -2.26. The van der Waals surface area contributed by atoms with Crippen LogP contribution in [-0.2, 0) is 0 Å². The van der Waals surface area contributed by atoms with Crippen molar-refractivity contribution in [1.82, 2.24) is 9.97 Å². The molecule has 1 saturated heterocycles. The van der Waals surface area contributed by atoms with Gasteiger partial charge in [-0.2, -0.15) is 5.26 Å².